The van der Waals surface area contributed by atoms with E-state index >= 15 is 0 Å². The van der Waals surface area contributed by atoms with Gasteiger partial charge in [0.05, 0.1) is 6.54 Å². The average molecular weight is 357 g/mol. The van der Waals surface area contributed by atoms with E-state index < -0.39 is 5.82 Å². The molecule has 0 saturated heterocycles. The van der Waals surface area contributed by atoms with E-state index in [1.165, 1.54) is 16.5 Å². The molecule has 2 aromatic rings. The number of para-hydroxylation sites is 1. The van der Waals surface area contributed by atoms with Crippen LogP contribution >= 0.6 is 0 Å². The van der Waals surface area contributed by atoms with E-state index in [4.69, 9.17) is 4.74 Å². The van der Waals surface area contributed by atoms with Gasteiger partial charge in [0.2, 0.25) is 5.91 Å². The molecule has 0 unspecified atom stereocenters. The smallest absolute Gasteiger partial charge is 0.222 e. The molecule has 5 heteroatoms. The van der Waals surface area contributed by atoms with Crippen LogP contribution in [0.1, 0.15) is 35.7 Å². The maximum absolute atomic E-state index is 13.4. The third-order valence-corrected chi connectivity index (χ3v) is 4.20. The number of nitrogens with zero attached hydrogens (tertiary/aromatic N) is 1. The lowest BCUT2D eigenvalue weighted by Gasteiger charge is -2.17. The number of hydrogen-bond acceptors (Lipinski definition) is 3. The van der Waals surface area contributed by atoms with Crippen LogP contribution in [-0.4, -0.2) is 36.8 Å². The molecule has 26 heavy (non-hydrogen) atoms. The highest BCUT2D eigenvalue weighted by Crippen LogP contribution is 2.15. The van der Waals surface area contributed by atoms with Gasteiger partial charge in [0.1, 0.15) is 6.61 Å². The number of halogens is 1. The van der Waals surface area contributed by atoms with Gasteiger partial charge in [-0.05, 0) is 24.1 Å². The van der Waals surface area contributed by atoms with Crippen molar-refractivity contribution in [1.82, 2.24) is 4.90 Å². The first-order valence-electron chi connectivity index (χ1n) is 8.74. The molecule has 0 aliphatic rings. The Kier molecular flexibility index (Phi) is 7.33. The molecule has 4 nitrogen and oxygen atoms in total. The molecular weight excluding hydrogens is 333 g/mol. The van der Waals surface area contributed by atoms with Gasteiger partial charge < -0.3 is 9.64 Å². The van der Waals surface area contributed by atoms with E-state index in [1.807, 2.05) is 12.1 Å². The van der Waals surface area contributed by atoms with Crippen molar-refractivity contribution in [3.63, 3.8) is 0 Å². The predicted octanol–water partition coefficient (Wildman–Crippen LogP) is 3.89. The van der Waals surface area contributed by atoms with Crippen LogP contribution in [0, 0.1) is 5.82 Å². The quantitative estimate of drug-likeness (QED) is 0.640. The summed E-state index contributed by atoms with van der Waals surface area (Å²) in [5.74, 6) is -0.446. The predicted molar refractivity (Wildman–Crippen MR) is 98.9 cm³/mol. The molecule has 0 bridgehead atoms. The van der Waals surface area contributed by atoms with Crippen molar-refractivity contribution in [2.75, 3.05) is 20.2 Å². The molecule has 0 heterocycles. The van der Waals surface area contributed by atoms with Crippen molar-refractivity contribution >= 4 is 11.7 Å². The molecule has 0 radical (unpaired) electrons. The zero-order valence-corrected chi connectivity index (χ0v) is 15.2. The Morgan fingerprint density at radius 3 is 2.38 bits per heavy atom. The lowest BCUT2D eigenvalue weighted by atomic mass is 10.0. The number of ketones is 1. The molecule has 0 spiro atoms. The molecule has 0 saturated carbocycles. The van der Waals surface area contributed by atoms with Gasteiger partial charge in [-0.15, -0.1) is 0 Å². The highest BCUT2D eigenvalue weighted by molar-refractivity contribution is 5.97. The Morgan fingerprint density at radius 1 is 1.04 bits per heavy atom. The summed E-state index contributed by atoms with van der Waals surface area (Å²) in [6.45, 7) is 2.57. The summed E-state index contributed by atoms with van der Waals surface area (Å²) in [6, 6.07) is 13.6. The minimum atomic E-state index is -0.429. The van der Waals surface area contributed by atoms with Crippen molar-refractivity contribution in [3.05, 3.63) is 65.5 Å². The molecule has 0 aromatic heterocycles. The summed E-state index contributed by atoms with van der Waals surface area (Å²) >= 11 is 0. The fourth-order valence-corrected chi connectivity index (χ4v) is 2.46. The normalized spacial score (nSPS) is 10.4. The fourth-order valence-electron chi connectivity index (χ4n) is 2.46. The monoisotopic (exact) mass is 357 g/mol. The minimum absolute atomic E-state index is 0.0444. The number of carbonyl (C=O) groups is 2. The number of aryl methyl sites for hydroxylation is 1. The molecule has 0 aliphatic heterocycles. The van der Waals surface area contributed by atoms with Crippen LogP contribution in [0.3, 0.4) is 0 Å². The Morgan fingerprint density at radius 2 is 1.73 bits per heavy atom. The van der Waals surface area contributed by atoms with E-state index in [1.54, 1.807) is 37.4 Å². The number of hydrogen-bond donors (Lipinski definition) is 0. The second kappa shape index (κ2) is 9.70. The van der Waals surface area contributed by atoms with Crippen molar-refractivity contribution in [2.45, 2.75) is 26.2 Å². The maximum atomic E-state index is 13.4. The highest BCUT2D eigenvalue weighted by atomic mass is 19.1. The molecule has 1 amide bonds. The SMILES string of the molecule is CCc1ccc(C(=O)CCC(=O)N(C)CCOc2ccccc2F)cc1. The van der Waals surface area contributed by atoms with Crippen molar-refractivity contribution < 1.29 is 18.7 Å². The zero-order chi connectivity index (χ0) is 18.9. The van der Waals surface area contributed by atoms with Crippen molar-refractivity contribution in [2.24, 2.45) is 0 Å². The first-order valence-corrected chi connectivity index (χ1v) is 8.74. The highest BCUT2D eigenvalue weighted by Gasteiger charge is 2.13. The van der Waals surface area contributed by atoms with Crippen LogP contribution < -0.4 is 4.74 Å². The number of benzene rings is 2. The molecule has 0 atom stereocenters. The molecule has 0 N–H and O–H groups in total. The second-order valence-corrected chi connectivity index (χ2v) is 6.07. The molecular formula is C21H24FNO3. The van der Waals surface area contributed by atoms with Gasteiger partial charge in [0, 0.05) is 25.5 Å². The summed E-state index contributed by atoms with van der Waals surface area (Å²) in [5.41, 5.74) is 1.80. The molecule has 2 aromatic carbocycles. The first-order chi connectivity index (χ1) is 12.5. The number of amides is 1. The van der Waals surface area contributed by atoms with E-state index in [-0.39, 0.29) is 36.9 Å². The summed E-state index contributed by atoms with van der Waals surface area (Å²) in [6.07, 6.45) is 1.24. The Balaban J connectivity index is 1.74. The second-order valence-electron chi connectivity index (χ2n) is 6.07. The van der Waals surface area contributed by atoms with E-state index in [0.29, 0.717) is 12.1 Å². The Hall–Kier alpha value is -2.69. The topological polar surface area (TPSA) is 46.6 Å². The van der Waals surface area contributed by atoms with Crippen LogP contribution in [-0.2, 0) is 11.2 Å². The number of likely N-dealkylation sites (N-methyl/N-ethyl adjacent to an activating group) is 1. The Bertz CT molecular complexity index is 743. The lowest BCUT2D eigenvalue weighted by molar-refractivity contribution is -0.130. The van der Waals surface area contributed by atoms with Crippen LogP contribution in [0.25, 0.3) is 0 Å². The third-order valence-electron chi connectivity index (χ3n) is 4.20. The zero-order valence-electron chi connectivity index (χ0n) is 15.2. The van der Waals surface area contributed by atoms with Gasteiger partial charge in [0.25, 0.3) is 0 Å². The minimum Gasteiger partial charge on any atom is -0.489 e. The van der Waals surface area contributed by atoms with E-state index in [2.05, 4.69) is 6.92 Å². The first kappa shape index (κ1) is 19.6. The van der Waals surface area contributed by atoms with E-state index in [0.717, 1.165) is 6.42 Å². The summed E-state index contributed by atoms with van der Waals surface area (Å²) in [5, 5.41) is 0. The van der Waals surface area contributed by atoms with Gasteiger partial charge in [-0.25, -0.2) is 4.39 Å². The average Bonchev–Trinajstić information content (AvgIpc) is 2.67. The van der Waals surface area contributed by atoms with Crippen LogP contribution in [0.5, 0.6) is 5.75 Å². The van der Waals surface area contributed by atoms with Gasteiger partial charge in [-0.2, -0.15) is 0 Å². The van der Waals surface area contributed by atoms with Gasteiger partial charge in [0.15, 0.2) is 17.3 Å². The number of ether oxygens (including phenoxy) is 1. The molecule has 2 rings (SSSR count). The van der Waals surface area contributed by atoms with E-state index in [9.17, 15) is 14.0 Å². The standard InChI is InChI=1S/C21H24FNO3/c1-3-16-8-10-17(11-9-16)19(24)12-13-21(25)23(2)14-15-26-20-7-5-4-6-18(20)22/h4-11H,3,12-15H2,1-2H3. The third kappa shape index (κ3) is 5.69. The fraction of sp³-hybridized carbons (Fsp3) is 0.333. The van der Waals surface area contributed by atoms with Crippen molar-refractivity contribution in [1.29, 1.82) is 0 Å². The molecule has 138 valence electrons. The van der Waals surface area contributed by atoms with Crippen LogP contribution in [0.4, 0.5) is 4.39 Å². The maximum Gasteiger partial charge on any atom is 0.222 e. The van der Waals surface area contributed by atoms with Crippen molar-refractivity contribution in [3.8, 4) is 5.75 Å². The van der Waals surface area contributed by atoms with Gasteiger partial charge >= 0.3 is 0 Å². The summed E-state index contributed by atoms with van der Waals surface area (Å²) in [7, 11) is 1.65. The number of Topliss-reactive ketones (excluding diaryl/α,β-unsaturated/α-hetero) is 1. The largest absolute Gasteiger partial charge is 0.489 e. The lowest BCUT2D eigenvalue weighted by Crippen LogP contribution is -2.31. The number of carbonyl (C=O) groups excluding carboxylic acids is 2. The summed E-state index contributed by atoms with van der Waals surface area (Å²) < 4.78 is 18.8. The Labute approximate surface area is 153 Å². The van der Waals surface area contributed by atoms with Gasteiger partial charge in [-0.1, -0.05) is 43.3 Å². The van der Waals surface area contributed by atoms with Crippen LogP contribution in [0.15, 0.2) is 48.5 Å². The van der Waals surface area contributed by atoms with Gasteiger partial charge in [-0.3, -0.25) is 9.59 Å². The molecule has 0 fully saturated rings. The number of rotatable bonds is 9. The van der Waals surface area contributed by atoms with Crippen LogP contribution in [0.2, 0.25) is 0 Å². The molecule has 0 aliphatic carbocycles. The summed E-state index contributed by atoms with van der Waals surface area (Å²) in [4.78, 5) is 25.8.